The van der Waals surface area contributed by atoms with E-state index in [4.69, 9.17) is 14.7 Å². The van der Waals surface area contributed by atoms with Crippen LogP contribution in [0.15, 0.2) is 18.9 Å². The van der Waals surface area contributed by atoms with Crippen LogP contribution in [0.25, 0.3) is 11.2 Å². The number of hydrogen-bond donors (Lipinski definition) is 4. The van der Waals surface area contributed by atoms with Crippen LogP contribution in [0.5, 0.6) is 0 Å². The molecule has 5 heterocycles. The number of nitrogens with zero attached hydrogens (tertiary/aromatic N) is 10. The lowest BCUT2D eigenvalue weighted by molar-refractivity contribution is -0.0384. The van der Waals surface area contributed by atoms with Crippen LogP contribution in [0.4, 0.5) is 11.8 Å². The molecular formula is C23H32N12O3. The number of nitrogens with one attached hydrogen (secondary N) is 2. The van der Waals surface area contributed by atoms with Gasteiger partial charge in [0.15, 0.2) is 29.3 Å². The van der Waals surface area contributed by atoms with Crippen molar-refractivity contribution in [2.24, 2.45) is 7.05 Å². The number of hydrogen-bond acceptors (Lipinski definition) is 12. The molecule has 2 fully saturated rings. The van der Waals surface area contributed by atoms with Crippen LogP contribution in [0, 0.1) is 0 Å². The number of imidazole rings is 2. The second kappa shape index (κ2) is 10.2. The maximum absolute atomic E-state index is 10.9. The normalized spacial score (nSPS) is 24.0. The van der Waals surface area contributed by atoms with Crippen LogP contribution in [0.3, 0.4) is 0 Å². The van der Waals surface area contributed by atoms with Gasteiger partial charge in [-0.3, -0.25) is 4.57 Å². The van der Waals surface area contributed by atoms with Gasteiger partial charge in [0.05, 0.1) is 24.9 Å². The van der Waals surface area contributed by atoms with E-state index < -0.39 is 24.5 Å². The van der Waals surface area contributed by atoms with Gasteiger partial charge in [0.25, 0.3) is 0 Å². The van der Waals surface area contributed by atoms with Crippen LogP contribution >= 0.6 is 0 Å². The molecule has 0 amide bonds. The Kier molecular flexibility index (Phi) is 6.63. The van der Waals surface area contributed by atoms with E-state index in [0.29, 0.717) is 48.5 Å². The van der Waals surface area contributed by atoms with E-state index in [1.54, 1.807) is 17.2 Å². The summed E-state index contributed by atoms with van der Waals surface area (Å²) in [5.74, 6) is 1.26. The zero-order chi connectivity index (χ0) is 26.2. The Bertz CT molecular complexity index is 1390. The molecule has 4 atom stereocenters. The molecule has 2 aliphatic rings. The van der Waals surface area contributed by atoms with Crippen LogP contribution in [0.1, 0.15) is 56.5 Å². The van der Waals surface area contributed by atoms with E-state index in [1.807, 2.05) is 24.7 Å². The summed E-state index contributed by atoms with van der Waals surface area (Å²) in [6.45, 7) is 2.99. The van der Waals surface area contributed by atoms with Crippen molar-refractivity contribution < 1.29 is 14.9 Å². The van der Waals surface area contributed by atoms with Crippen molar-refractivity contribution in [2.45, 2.75) is 76.2 Å². The number of aliphatic hydroxyl groups excluding tert-OH is 2. The molecule has 0 spiro atoms. The highest BCUT2D eigenvalue weighted by atomic mass is 16.6. The van der Waals surface area contributed by atoms with Gasteiger partial charge >= 0.3 is 0 Å². The number of aromatic nitrogens is 10. The van der Waals surface area contributed by atoms with Crippen molar-refractivity contribution in [3.8, 4) is 0 Å². The smallest absolute Gasteiger partial charge is 0.226 e. The molecule has 38 heavy (non-hydrogen) atoms. The Morgan fingerprint density at radius 1 is 1.11 bits per heavy atom. The quantitative estimate of drug-likeness (QED) is 0.239. The number of aliphatic hydroxyl groups is 2. The molecule has 0 aromatic carbocycles. The number of tetrazole rings is 1. The minimum absolute atomic E-state index is 0.209. The molecule has 15 heteroatoms. The fourth-order valence-corrected chi connectivity index (χ4v) is 5.05. The molecular weight excluding hydrogens is 492 g/mol. The van der Waals surface area contributed by atoms with Gasteiger partial charge in [0.1, 0.15) is 12.2 Å². The molecule has 1 aliphatic carbocycles. The van der Waals surface area contributed by atoms with Crippen LogP contribution in [-0.2, 0) is 24.8 Å². The first-order chi connectivity index (χ1) is 18.5. The standard InChI is InChI=1S/C23H32N12O3/c1-3-35-31-20(30-32-35)18-16(36)17(37)22(38-18)34-12-26-15-19(27-13-6-4-5-7-13)28-23(29-21(15)34)24-9-8-14-10-33(2)11-25-14/h10-13,16-18,22,36-37H,3-9H2,1-2H3,(H2,24,27,28,29). The third-order valence-corrected chi connectivity index (χ3v) is 7.06. The van der Waals surface area contributed by atoms with E-state index in [9.17, 15) is 10.2 Å². The summed E-state index contributed by atoms with van der Waals surface area (Å²) in [6.07, 6.45) is 6.08. The number of ether oxygens (including phenoxy) is 1. The highest BCUT2D eigenvalue weighted by Crippen LogP contribution is 2.39. The molecule has 4 N–H and O–H groups in total. The summed E-state index contributed by atoms with van der Waals surface area (Å²) in [5, 5.41) is 40.7. The summed E-state index contributed by atoms with van der Waals surface area (Å²) in [5.41, 5.74) is 2.01. The molecule has 0 radical (unpaired) electrons. The fraction of sp³-hybridized carbons (Fsp3) is 0.609. The fourth-order valence-electron chi connectivity index (χ4n) is 5.05. The Labute approximate surface area is 218 Å². The number of anilines is 2. The first-order valence-corrected chi connectivity index (χ1v) is 13.0. The second-order valence-electron chi connectivity index (χ2n) is 9.82. The zero-order valence-corrected chi connectivity index (χ0v) is 21.3. The lowest BCUT2D eigenvalue weighted by atomic mass is 10.1. The summed E-state index contributed by atoms with van der Waals surface area (Å²) in [6, 6.07) is 0.311. The largest absolute Gasteiger partial charge is 0.387 e. The molecule has 0 bridgehead atoms. The van der Waals surface area contributed by atoms with Gasteiger partial charge in [0.2, 0.25) is 11.8 Å². The van der Waals surface area contributed by atoms with Crippen molar-refractivity contribution >= 4 is 22.9 Å². The van der Waals surface area contributed by atoms with Crippen molar-refractivity contribution in [1.82, 2.24) is 49.3 Å². The SMILES string of the molecule is CCn1nnc(C2OC(n3cnc4c(NC5CCCC5)nc(NCCc5cn(C)cn5)nc43)C(O)C2O)n1. The highest BCUT2D eigenvalue weighted by molar-refractivity contribution is 5.84. The Balaban J connectivity index is 1.29. The van der Waals surface area contributed by atoms with E-state index in [0.717, 1.165) is 18.5 Å². The lowest BCUT2D eigenvalue weighted by Gasteiger charge is -2.18. The molecule has 4 aromatic rings. The average Bonchev–Trinajstić information content (AvgIpc) is 3.73. The van der Waals surface area contributed by atoms with Gasteiger partial charge in [0, 0.05) is 32.3 Å². The van der Waals surface area contributed by atoms with E-state index in [1.165, 1.54) is 17.6 Å². The third kappa shape index (κ3) is 4.68. The van der Waals surface area contributed by atoms with Gasteiger partial charge in [-0.05, 0) is 25.0 Å². The average molecular weight is 525 g/mol. The van der Waals surface area contributed by atoms with E-state index in [2.05, 4.69) is 36.0 Å². The van der Waals surface area contributed by atoms with Gasteiger partial charge in [-0.1, -0.05) is 12.8 Å². The summed E-state index contributed by atoms with van der Waals surface area (Å²) in [7, 11) is 1.94. The molecule has 1 saturated heterocycles. The zero-order valence-electron chi connectivity index (χ0n) is 21.3. The predicted molar refractivity (Wildman–Crippen MR) is 135 cm³/mol. The number of fused-ring (bicyclic) bond motifs is 1. The Morgan fingerprint density at radius 3 is 2.68 bits per heavy atom. The molecule has 4 unspecified atom stereocenters. The topological polar surface area (TPSA) is 179 Å². The van der Waals surface area contributed by atoms with Gasteiger partial charge in [-0.2, -0.15) is 14.8 Å². The van der Waals surface area contributed by atoms with E-state index >= 15 is 0 Å². The Morgan fingerprint density at radius 2 is 1.95 bits per heavy atom. The Hall–Kier alpha value is -3.69. The summed E-state index contributed by atoms with van der Waals surface area (Å²) in [4.78, 5) is 19.8. The van der Waals surface area contributed by atoms with Gasteiger partial charge in [-0.25, -0.2) is 9.97 Å². The molecule has 1 saturated carbocycles. The molecule has 202 valence electrons. The van der Waals surface area contributed by atoms with Crippen molar-refractivity contribution in [2.75, 3.05) is 17.2 Å². The van der Waals surface area contributed by atoms with E-state index in [-0.39, 0.29) is 5.82 Å². The molecule has 15 nitrogen and oxygen atoms in total. The first kappa shape index (κ1) is 24.6. The minimum Gasteiger partial charge on any atom is -0.387 e. The van der Waals surface area contributed by atoms with Crippen LogP contribution in [-0.4, -0.2) is 84.3 Å². The minimum atomic E-state index is -1.26. The number of aryl methyl sites for hydroxylation is 2. The molecule has 1 aliphatic heterocycles. The van der Waals surface area contributed by atoms with Crippen molar-refractivity contribution in [3.05, 3.63) is 30.4 Å². The maximum Gasteiger partial charge on any atom is 0.226 e. The molecule has 6 rings (SSSR count). The van der Waals surface area contributed by atoms with Crippen molar-refractivity contribution in [1.29, 1.82) is 0 Å². The molecule has 4 aromatic heterocycles. The monoisotopic (exact) mass is 524 g/mol. The van der Waals surface area contributed by atoms with Gasteiger partial charge in [-0.15, -0.1) is 10.2 Å². The highest BCUT2D eigenvalue weighted by Gasteiger charge is 2.47. The van der Waals surface area contributed by atoms with Gasteiger partial charge < -0.3 is 30.2 Å². The summed E-state index contributed by atoms with van der Waals surface area (Å²) >= 11 is 0. The third-order valence-electron chi connectivity index (χ3n) is 7.06. The van der Waals surface area contributed by atoms with Crippen molar-refractivity contribution in [3.63, 3.8) is 0 Å². The number of rotatable bonds is 9. The van der Waals surface area contributed by atoms with Crippen LogP contribution < -0.4 is 10.6 Å². The van der Waals surface area contributed by atoms with Crippen LogP contribution in [0.2, 0.25) is 0 Å². The first-order valence-electron chi connectivity index (χ1n) is 13.0. The summed E-state index contributed by atoms with van der Waals surface area (Å²) < 4.78 is 9.60. The lowest BCUT2D eigenvalue weighted by Crippen LogP contribution is -2.29. The second-order valence-corrected chi connectivity index (χ2v) is 9.82. The predicted octanol–water partition coefficient (Wildman–Crippen LogP) is 0.567. The maximum atomic E-state index is 10.9.